The van der Waals surface area contributed by atoms with Gasteiger partial charge in [0.15, 0.2) is 0 Å². The van der Waals surface area contributed by atoms with Crippen LogP contribution >= 0.6 is 0 Å². The Kier molecular flexibility index (Phi) is 5.37. The Bertz CT molecular complexity index is 627. The molecule has 2 heteroatoms. The molecule has 2 nitrogen and oxygen atoms in total. The van der Waals surface area contributed by atoms with Crippen LogP contribution < -0.4 is 0 Å². The van der Waals surface area contributed by atoms with Gasteiger partial charge in [0.2, 0.25) is 0 Å². The van der Waals surface area contributed by atoms with Crippen LogP contribution in [0.5, 0.6) is 0 Å². The molecule has 0 aliphatic carbocycles. The Morgan fingerprint density at radius 2 is 1.62 bits per heavy atom. The van der Waals surface area contributed by atoms with Crippen molar-refractivity contribution in [3.05, 3.63) is 71.8 Å². The van der Waals surface area contributed by atoms with E-state index in [0.29, 0.717) is 6.04 Å². The molecule has 1 N–H and O–H groups in total. The van der Waals surface area contributed by atoms with Crippen LogP contribution in [-0.2, 0) is 12.0 Å². The SMILES string of the molecule is CC1C(C)C(O)(c2ccccc2)CCN1CCCc1ccccc1. The van der Waals surface area contributed by atoms with Gasteiger partial charge in [0.05, 0.1) is 5.60 Å². The second-order valence-electron chi connectivity index (χ2n) is 7.19. The fraction of sp³-hybridized carbons (Fsp3) is 0.455. The van der Waals surface area contributed by atoms with Crippen LogP contribution in [0.25, 0.3) is 0 Å². The first-order valence-corrected chi connectivity index (χ1v) is 9.17. The average molecular weight is 323 g/mol. The summed E-state index contributed by atoms with van der Waals surface area (Å²) in [4.78, 5) is 2.55. The largest absolute Gasteiger partial charge is 0.385 e. The van der Waals surface area contributed by atoms with Crippen LogP contribution in [0.3, 0.4) is 0 Å². The van der Waals surface area contributed by atoms with Crippen molar-refractivity contribution in [2.24, 2.45) is 5.92 Å². The van der Waals surface area contributed by atoms with Gasteiger partial charge in [0.25, 0.3) is 0 Å². The first kappa shape index (κ1) is 17.2. The van der Waals surface area contributed by atoms with Crippen molar-refractivity contribution < 1.29 is 5.11 Å². The van der Waals surface area contributed by atoms with E-state index in [1.807, 2.05) is 18.2 Å². The number of rotatable bonds is 5. The number of aliphatic hydroxyl groups is 1. The lowest BCUT2D eigenvalue weighted by molar-refractivity contribution is -0.0957. The summed E-state index contributed by atoms with van der Waals surface area (Å²) in [6.45, 7) is 6.53. The Balaban J connectivity index is 1.59. The second kappa shape index (κ2) is 7.50. The lowest BCUT2D eigenvalue weighted by Crippen LogP contribution is -2.54. The summed E-state index contributed by atoms with van der Waals surface area (Å²) in [5.74, 6) is 0.227. The minimum absolute atomic E-state index is 0.227. The molecule has 3 unspecified atom stereocenters. The Morgan fingerprint density at radius 3 is 2.29 bits per heavy atom. The van der Waals surface area contributed by atoms with Gasteiger partial charge >= 0.3 is 0 Å². The summed E-state index contributed by atoms with van der Waals surface area (Å²) in [6, 6.07) is 21.3. The summed E-state index contributed by atoms with van der Waals surface area (Å²) in [5.41, 5.74) is 1.78. The van der Waals surface area contributed by atoms with Crippen molar-refractivity contribution in [2.75, 3.05) is 13.1 Å². The normalized spacial score (nSPS) is 28.0. The summed E-state index contributed by atoms with van der Waals surface area (Å²) in [5, 5.41) is 11.3. The maximum atomic E-state index is 11.3. The molecular weight excluding hydrogens is 294 g/mol. The van der Waals surface area contributed by atoms with Gasteiger partial charge in [-0.15, -0.1) is 0 Å². The average Bonchev–Trinajstić information content (AvgIpc) is 2.63. The number of piperidine rings is 1. The molecule has 1 aliphatic heterocycles. The van der Waals surface area contributed by atoms with Crippen LogP contribution in [0.1, 0.15) is 37.8 Å². The van der Waals surface area contributed by atoms with Gasteiger partial charge in [0, 0.05) is 18.5 Å². The van der Waals surface area contributed by atoms with Crippen molar-refractivity contribution in [3.8, 4) is 0 Å². The smallest absolute Gasteiger partial charge is 0.0948 e. The third kappa shape index (κ3) is 3.55. The van der Waals surface area contributed by atoms with Crippen molar-refractivity contribution in [1.29, 1.82) is 0 Å². The molecule has 24 heavy (non-hydrogen) atoms. The summed E-state index contributed by atoms with van der Waals surface area (Å²) in [7, 11) is 0. The van der Waals surface area contributed by atoms with Crippen LogP contribution in [0.4, 0.5) is 0 Å². The molecule has 1 saturated heterocycles. The van der Waals surface area contributed by atoms with Crippen LogP contribution in [0.15, 0.2) is 60.7 Å². The lowest BCUT2D eigenvalue weighted by atomic mass is 9.73. The summed E-state index contributed by atoms with van der Waals surface area (Å²) >= 11 is 0. The molecule has 0 bridgehead atoms. The quantitative estimate of drug-likeness (QED) is 0.890. The van der Waals surface area contributed by atoms with E-state index in [-0.39, 0.29) is 5.92 Å². The number of nitrogens with zero attached hydrogens (tertiary/aromatic N) is 1. The van der Waals surface area contributed by atoms with E-state index in [4.69, 9.17) is 0 Å². The minimum Gasteiger partial charge on any atom is -0.385 e. The highest BCUT2D eigenvalue weighted by Crippen LogP contribution is 2.40. The topological polar surface area (TPSA) is 23.5 Å². The maximum absolute atomic E-state index is 11.3. The highest BCUT2D eigenvalue weighted by Gasteiger charge is 2.43. The first-order valence-electron chi connectivity index (χ1n) is 9.17. The molecule has 2 aromatic carbocycles. The molecule has 1 fully saturated rings. The number of hydrogen-bond acceptors (Lipinski definition) is 2. The number of aryl methyl sites for hydroxylation is 1. The number of likely N-dealkylation sites (tertiary alicyclic amines) is 1. The highest BCUT2D eigenvalue weighted by molar-refractivity contribution is 5.24. The molecule has 0 aromatic heterocycles. The minimum atomic E-state index is -0.698. The predicted octanol–water partition coefficient (Wildman–Crippen LogP) is 4.24. The maximum Gasteiger partial charge on any atom is 0.0948 e. The van der Waals surface area contributed by atoms with Gasteiger partial charge < -0.3 is 10.0 Å². The molecule has 0 saturated carbocycles. The van der Waals surface area contributed by atoms with Crippen LogP contribution in [0.2, 0.25) is 0 Å². The lowest BCUT2D eigenvalue weighted by Gasteiger charge is -2.48. The molecule has 3 rings (SSSR count). The van der Waals surface area contributed by atoms with Crippen LogP contribution in [-0.4, -0.2) is 29.1 Å². The fourth-order valence-corrected chi connectivity index (χ4v) is 4.04. The molecule has 0 radical (unpaired) electrons. The zero-order valence-corrected chi connectivity index (χ0v) is 14.9. The zero-order chi connectivity index (χ0) is 17.0. The zero-order valence-electron chi connectivity index (χ0n) is 14.9. The molecule has 3 atom stereocenters. The van der Waals surface area contributed by atoms with E-state index in [2.05, 4.69) is 61.2 Å². The van der Waals surface area contributed by atoms with Gasteiger partial charge in [-0.05, 0) is 43.9 Å². The Morgan fingerprint density at radius 1 is 1.00 bits per heavy atom. The standard InChI is InChI=1S/C22H29NO/c1-18-19(2)23(16-9-12-20-10-5-3-6-11-20)17-15-22(18,24)21-13-7-4-8-14-21/h3-8,10-11,13-14,18-19,24H,9,12,15-17H2,1-2H3. The van der Waals surface area contributed by atoms with Crippen molar-refractivity contribution >= 4 is 0 Å². The van der Waals surface area contributed by atoms with E-state index in [0.717, 1.165) is 31.5 Å². The molecule has 0 amide bonds. The monoisotopic (exact) mass is 323 g/mol. The second-order valence-corrected chi connectivity index (χ2v) is 7.19. The van der Waals surface area contributed by atoms with E-state index in [1.165, 1.54) is 12.0 Å². The molecular formula is C22H29NO. The predicted molar refractivity (Wildman–Crippen MR) is 99.9 cm³/mol. The summed E-state index contributed by atoms with van der Waals surface area (Å²) < 4.78 is 0. The van der Waals surface area contributed by atoms with Gasteiger partial charge in [-0.2, -0.15) is 0 Å². The molecule has 128 valence electrons. The van der Waals surface area contributed by atoms with Crippen LogP contribution in [0, 0.1) is 5.92 Å². The van der Waals surface area contributed by atoms with Gasteiger partial charge in [0.1, 0.15) is 0 Å². The highest BCUT2D eigenvalue weighted by atomic mass is 16.3. The number of hydrogen-bond donors (Lipinski definition) is 1. The van der Waals surface area contributed by atoms with E-state index in [1.54, 1.807) is 0 Å². The van der Waals surface area contributed by atoms with Gasteiger partial charge in [-0.3, -0.25) is 0 Å². The Labute approximate surface area is 146 Å². The Hall–Kier alpha value is -1.64. The molecule has 2 aromatic rings. The van der Waals surface area contributed by atoms with E-state index < -0.39 is 5.60 Å². The molecule has 1 aliphatic rings. The van der Waals surface area contributed by atoms with Crippen molar-refractivity contribution in [2.45, 2.75) is 44.8 Å². The summed E-state index contributed by atoms with van der Waals surface area (Å²) in [6.07, 6.45) is 3.11. The van der Waals surface area contributed by atoms with Crippen molar-refractivity contribution in [3.63, 3.8) is 0 Å². The van der Waals surface area contributed by atoms with Gasteiger partial charge in [-0.25, -0.2) is 0 Å². The fourth-order valence-electron chi connectivity index (χ4n) is 4.04. The molecule has 1 heterocycles. The third-order valence-corrected chi connectivity index (χ3v) is 5.86. The van der Waals surface area contributed by atoms with E-state index >= 15 is 0 Å². The third-order valence-electron chi connectivity index (χ3n) is 5.86. The van der Waals surface area contributed by atoms with Gasteiger partial charge in [-0.1, -0.05) is 67.6 Å². The first-order chi connectivity index (χ1) is 11.6. The van der Waals surface area contributed by atoms with Crippen molar-refractivity contribution in [1.82, 2.24) is 4.90 Å². The number of benzene rings is 2. The van der Waals surface area contributed by atoms with E-state index in [9.17, 15) is 5.11 Å². The molecule has 0 spiro atoms.